The predicted octanol–water partition coefficient (Wildman–Crippen LogP) is 1.93. The number of amides is 2. The summed E-state index contributed by atoms with van der Waals surface area (Å²) < 4.78 is 0. The van der Waals surface area contributed by atoms with Crippen LogP contribution in [0.4, 0.5) is 0 Å². The van der Waals surface area contributed by atoms with Crippen LogP contribution in [0.25, 0.3) is 0 Å². The third-order valence-electron chi connectivity index (χ3n) is 2.27. The molecule has 19 heavy (non-hydrogen) atoms. The van der Waals surface area contributed by atoms with Gasteiger partial charge in [0.15, 0.2) is 0 Å². The van der Waals surface area contributed by atoms with Gasteiger partial charge in [0.25, 0.3) is 0 Å². The summed E-state index contributed by atoms with van der Waals surface area (Å²) in [4.78, 5) is 24.0. The van der Waals surface area contributed by atoms with Crippen LogP contribution in [0.2, 0.25) is 0 Å². The molecular weight excluding hydrogens is 260 g/mol. The summed E-state index contributed by atoms with van der Waals surface area (Å²) in [6.07, 6.45) is 1.42. The molecule has 0 aliphatic carbocycles. The van der Waals surface area contributed by atoms with E-state index in [1.54, 1.807) is 12.3 Å². The molecule has 0 unspecified atom stereocenters. The molecule has 0 aromatic heterocycles. The van der Waals surface area contributed by atoms with Crippen LogP contribution in [-0.4, -0.2) is 24.4 Å². The van der Waals surface area contributed by atoms with Crippen molar-refractivity contribution >= 4 is 23.6 Å². The lowest BCUT2D eigenvalue weighted by molar-refractivity contribution is -0.126. The lowest BCUT2D eigenvalue weighted by Crippen LogP contribution is -2.44. The van der Waals surface area contributed by atoms with Crippen LogP contribution in [0, 0.1) is 0 Å². The zero-order chi connectivity index (χ0) is 14.1. The van der Waals surface area contributed by atoms with Crippen LogP contribution in [0.5, 0.6) is 0 Å². The quantitative estimate of drug-likeness (QED) is 0.617. The van der Waals surface area contributed by atoms with Crippen molar-refractivity contribution in [1.29, 1.82) is 0 Å². The molecule has 0 saturated carbocycles. The second-order valence-corrected chi connectivity index (χ2v) is 4.84. The molecule has 102 valence electrons. The standard InChI is InChI=1S/C14H18N2O2S/c1-3-15-14(18)11(2)16-13(17)9-10-19-12-7-5-4-6-8-12/h4-11H,3H2,1-2H3,(H,15,18)(H,16,17)/b10-9+/t11-/m0/s1. The number of nitrogens with one attached hydrogen (secondary N) is 2. The monoisotopic (exact) mass is 278 g/mol. The van der Waals surface area contributed by atoms with Gasteiger partial charge in [0.1, 0.15) is 6.04 Å². The minimum atomic E-state index is -0.529. The van der Waals surface area contributed by atoms with E-state index in [0.717, 1.165) is 4.90 Å². The Hall–Kier alpha value is -1.75. The van der Waals surface area contributed by atoms with E-state index >= 15 is 0 Å². The van der Waals surface area contributed by atoms with E-state index in [1.807, 2.05) is 37.3 Å². The highest BCUT2D eigenvalue weighted by atomic mass is 32.2. The van der Waals surface area contributed by atoms with Crippen LogP contribution < -0.4 is 10.6 Å². The Morgan fingerprint density at radius 3 is 2.63 bits per heavy atom. The molecule has 0 aliphatic heterocycles. The van der Waals surface area contributed by atoms with Gasteiger partial charge in [-0.25, -0.2) is 0 Å². The zero-order valence-corrected chi connectivity index (χ0v) is 11.9. The summed E-state index contributed by atoms with van der Waals surface area (Å²) >= 11 is 1.45. The fraction of sp³-hybridized carbons (Fsp3) is 0.286. The molecule has 1 aromatic carbocycles. The Balaban J connectivity index is 2.36. The van der Waals surface area contributed by atoms with E-state index in [9.17, 15) is 9.59 Å². The van der Waals surface area contributed by atoms with Crippen molar-refractivity contribution in [2.75, 3.05) is 6.54 Å². The minimum absolute atomic E-state index is 0.181. The Bertz CT molecular complexity index is 446. The minimum Gasteiger partial charge on any atom is -0.355 e. The average molecular weight is 278 g/mol. The van der Waals surface area contributed by atoms with Gasteiger partial charge >= 0.3 is 0 Å². The summed E-state index contributed by atoms with van der Waals surface area (Å²) in [5, 5.41) is 6.95. The first-order valence-electron chi connectivity index (χ1n) is 6.10. The second-order valence-electron chi connectivity index (χ2n) is 3.86. The van der Waals surface area contributed by atoms with E-state index in [-0.39, 0.29) is 11.8 Å². The van der Waals surface area contributed by atoms with E-state index in [0.29, 0.717) is 6.54 Å². The maximum absolute atomic E-state index is 11.6. The lowest BCUT2D eigenvalue weighted by atomic mass is 10.3. The van der Waals surface area contributed by atoms with Gasteiger partial charge in [-0.15, -0.1) is 0 Å². The summed E-state index contributed by atoms with van der Waals surface area (Å²) in [5.74, 6) is -0.456. The molecule has 1 atom stereocenters. The normalized spacial score (nSPS) is 12.1. The fourth-order valence-electron chi connectivity index (χ4n) is 1.33. The summed E-state index contributed by atoms with van der Waals surface area (Å²) in [7, 11) is 0. The summed E-state index contributed by atoms with van der Waals surface area (Å²) in [5.41, 5.74) is 0. The second kappa shape index (κ2) is 8.37. The van der Waals surface area contributed by atoms with Crippen LogP contribution in [0.15, 0.2) is 46.7 Å². The highest BCUT2D eigenvalue weighted by Gasteiger charge is 2.12. The highest BCUT2D eigenvalue weighted by Crippen LogP contribution is 2.17. The van der Waals surface area contributed by atoms with Gasteiger partial charge in [-0.3, -0.25) is 9.59 Å². The number of carbonyl (C=O) groups is 2. The number of hydrogen-bond acceptors (Lipinski definition) is 3. The molecule has 2 amide bonds. The Kier molecular flexibility index (Phi) is 6.74. The first kappa shape index (κ1) is 15.3. The van der Waals surface area contributed by atoms with Crippen molar-refractivity contribution in [1.82, 2.24) is 10.6 Å². The van der Waals surface area contributed by atoms with Crippen molar-refractivity contribution in [3.8, 4) is 0 Å². The molecule has 1 rings (SSSR count). The van der Waals surface area contributed by atoms with Gasteiger partial charge < -0.3 is 10.6 Å². The number of rotatable bonds is 6. The Morgan fingerprint density at radius 2 is 2.00 bits per heavy atom. The summed E-state index contributed by atoms with van der Waals surface area (Å²) in [6, 6.07) is 9.21. The molecule has 4 nitrogen and oxygen atoms in total. The first-order chi connectivity index (χ1) is 9.13. The first-order valence-corrected chi connectivity index (χ1v) is 6.98. The van der Waals surface area contributed by atoms with Crippen LogP contribution >= 0.6 is 11.8 Å². The third-order valence-corrected chi connectivity index (χ3v) is 3.09. The zero-order valence-electron chi connectivity index (χ0n) is 11.1. The van der Waals surface area contributed by atoms with Crippen molar-refractivity contribution in [2.24, 2.45) is 0 Å². The molecule has 1 aromatic rings. The molecule has 0 spiro atoms. The van der Waals surface area contributed by atoms with Gasteiger partial charge in [-0.2, -0.15) is 0 Å². The van der Waals surface area contributed by atoms with Crippen molar-refractivity contribution in [2.45, 2.75) is 24.8 Å². The predicted molar refractivity (Wildman–Crippen MR) is 77.7 cm³/mol. The van der Waals surface area contributed by atoms with Gasteiger partial charge in [0.05, 0.1) is 0 Å². The third kappa shape index (κ3) is 6.10. The molecule has 2 N–H and O–H groups in total. The maximum Gasteiger partial charge on any atom is 0.245 e. The molecular formula is C14H18N2O2S. The molecule has 0 radical (unpaired) electrons. The van der Waals surface area contributed by atoms with E-state index in [4.69, 9.17) is 0 Å². The molecule has 5 heteroatoms. The van der Waals surface area contributed by atoms with Crippen LogP contribution in [-0.2, 0) is 9.59 Å². The van der Waals surface area contributed by atoms with E-state index < -0.39 is 6.04 Å². The Labute approximate surface area is 117 Å². The SMILES string of the molecule is CCNC(=O)[C@H](C)NC(=O)/C=C/Sc1ccccc1. The van der Waals surface area contributed by atoms with Crippen molar-refractivity contribution in [3.63, 3.8) is 0 Å². The number of hydrogen-bond donors (Lipinski definition) is 2. The topological polar surface area (TPSA) is 58.2 Å². The molecule has 0 aliphatic rings. The van der Waals surface area contributed by atoms with Crippen molar-refractivity contribution in [3.05, 3.63) is 41.8 Å². The molecule has 0 heterocycles. The summed E-state index contributed by atoms with van der Waals surface area (Å²) in [6.45, 7) is 4.04. The molecule has 0 saturated heterocycles. The fourth-order valence-corrected chi connectivity index (χ4v) is 1.99. The van der Waals surface area contributed by atoms with Crippen molar-refractivity contribution < 1.29 is 9.59 Å². The molecule has 0 bridgehead atoms. The maximum atomic E-state index is 11.6. The number of benzene rings is 1. The lowest BCUT2D eigenvalue weighted by Gasteiger charge is -2.11. The van der Waals surface area contributed by atoms with E-state index in [1.165, 1.54) is 17.8 Å². The van der Waals surface area contributed by atoms with Crippen LogP contribution in [0.3, 0.4) is 0 Å². The average Bonchev–Trinajstić information content (AvgIpc) is 2.40. The number of likely N-dealkylation sites (N-methyl/N-ethyl adjacent to an activating group) is 1. The van der Waals surface area contributed by atoms with Gasteiger partial charge in [0, 0.05) is 17.5 Å². The van der Waals surface area contributed by atoms with Gasteiger partial charge in [-0.1, -0.05) is 30.0 Å². The van der Waals surface area contributed by atoms with Gasteiger partial charge in [0.2, 0.25) is 11.8 Å². The number of carbonyl (C=O) groups excluding carboxylic acids is 2. The largest absolute Gasteiger partial charge is 0.355 e. The highest BCUT2D eigenvalue weighted by molar-refractivity contribution is 8.02. The smallest absolute Gasteiger partial charge is 0.245 e. The number of thioether (sulfide) groups is 1. The van der Waals surface area contributed by atoms with E-state index in [2.05, 4.69) is 10.6 Å². The van der Waals surface area contributed by atoms with Gasteiger partial charge in [-0.05, 0) is 31.4 Å². The van der Waals surface area contributed by atoms with Crippen LogP contribution in [0.1, 0.15) is 13.8 Å². The Morgan fingerprint density at radius 1 is 1.32 bits per heavy atom. The molecule has 0 fully saturated rings.